The predicted molar refractivity (Wildman–Crippen MR) is 122 cm³/mol. The average Bonchev–Trinajstić information content (AvgIpc) is 2.96. The van der Waals surface area contributed by atoms with Gasteiger partial charge in [0.05, 0.1) is 12.1 Å². The second-order valence-electron chi connectivity index (χ2n) is 8.34. The summed E-state index contributed by atoms with van der Waals surface area (Å²) < 4.78 is 0. The molecule has 4 rings (SSSR count). The number of hydrogen-bond donors (Lipinski definition) is 1. The lowest BCUT2D eigenvalue weighted by Crippen LogP contribution is -2.42. The van der Waals surface area contributed by atoms with E-state index in [4.69, 9.17) is 0 Å². The molecule has 1 atom stereocenters. The molecule has 3 aromatic rings. The van der Waals surface area contributed by atoms with Gasteiger partial charge in [-0.25, -0.2) is 0 Å². The number of carbonyl (C=O) groups excluding carboxylic acids is 2. The van der Waals surface area contributed by atoms with Gasteiger partial charge in [-0.1, -0.05) is 72.3 Å². The van der Waals surface area contributed by atoms with Crippen LogP contribution in [0, 0.1) is 13.8 Å². The Hall–Kier alpha value is -3.24. The molecule has 1 N–H and O–H groups in total. The molecule has 1 amide bonds. The molecule has 0 radical (unpaired) electrons. The van der Waals surface area contributed by atoms with Crippen molar-refractivity contribution in [2.45, 2.75) is 38.7 Å². The Balaban J connectivity index is 1.56. The van der Waals surface area contributed by atoms with Crippen molar-refractivity contribution in [1.29, 1.82) is 0 Å². The highest BCUT2D eigenvalue weighted by molar-refractivity contribution is 6.11. The molecule has 3 aromatic carbocycles. The van der Waals surface area contributed by atoms with E-state index in [9.17, 15) is 14.7 Å². The van der Waals surface area contributed by atoms with E-state index in [-0.39, 0.29) is 12.2 Å². The maximum atomic E-state index is 13.4. The van der Waals surface area contributed by atoms with Crippen LogP contribution in [-0.4, -0.2) is 23.3 Å². The van der Waals surface area contributed by atoms with Gasteiger partial charge >= 0.3 is 0 Å². The van der Waals surface area contributed by atoms with Gasteiger partial charge in [-0.05, 0) is 43.9 Å². The van der Waals surface area contributed by atoms with Crippen LogP contribution in [0.15, 0.2) is 72.8 Å². The Labute approximate surface area is 183 Å². The number of nitrogens with zero attached hydrogens (tertiary/aromatic N) is 1. The number of carbonyl (C=O) groups is 2. The summed E-state index contributed by atoms with van der Waals surface area (Å²) in [6.07, 6.45) is 1.35. The minimum Gasteiger partial charge on any atom is -0.375 e. The third kappa shape index (κ3) is 4.04. The number of rotatable bonds is 7. The third-order valence-corrected chi connectivity index (χ3v) is 6.03. The van der Waals surface area contributed by atoms with Crippen molar-refractivity contribution >= 4 is 17.4 Å². The first-order chi connectivity index (χ1) is 14.9. The molecule has 0 saturated heterocycles. The summed E-state index contributed by atoms with van der Waals surface area (Å²) in [7, 11) is 0. The molecule has 0 fully saturated rings. The molecule has 0 aromatic heterocycles. The van der Waals surface area contributed by atoms with Crippen molar-refractivity contribution in [3.05, 3.63) is 101 Å². The molecule has 0 saturated carbocycles. The minimum absolute atomic E-state index is 0.228. The summed E-state index contributed by atoms with van der Waals surface area (Å²) in [5.74, 6) is -0.644. The molecule has 158 valence electrons. The number of fused-ring (bicyclic) bond motifs is 1. The Kier molecular flexibility index (Phi) is 5.75. The number of anilines is 1. The van der Waals surface area contributed by atoms with Gasteiger partial charge in [-0.15, -0.1) is 0 Å². The summed E-state index contributed by atoms with van der Waals surface area (Å²) in [6.45, 7) is 4.34. The summed E-state index contributed by atoms with van der Waals surface area (Å²) in [5, 5.41) is 11.5. The first-order valence-electron chi connectivity index (χ1n) is 10.7. The normalized spacial score (nSPS) is 17.6. The van der Waals surface area contributed by atoms with Gasteiger partial charge in [-0.3, -0.25) is 9.59 Å². The fourth-order valence-corrected chi connectivity index (χ4v) is 4.44. The highest BCUT2D eigenvalue weighted by Crippen LogP contribution is 2.43. The summed E-state index contributed by atoms with van der Waals surface area (Å²) >= 11 is 0. The number of hydrogen-bond acceptors (Lipinski definition) is 3. The number of ketones is 1. The van der Waals surface area contributed by atoms with E-state index >= 15 is 0 Å². The lowest BCUT2D eigenvalue weighted by molar-refractivity contribution is -0.135. The van der Waals surface area contributed by atoms with E-state index in [1.807, 2.05) is 56.3 Å². The first-order valence-corrected chi connectivity index (χ1v) is 10.7. The van der Waals surface area contributed by atoms with Crippen molar-refractivity contribution in [1.82, 2.24) is 0 Å². The monoisotopic (exact) mass is 413 g/mol. The van der Waals surface area contributed by atoms with Gasteiger partial charge in [-0.2, -0.15) is 0 Å². The topological polar surface area (TPSA) is 57.6 Å². The number of benzene rings is 3. The number of aryl methyl sites for hydroxylation is 3. The van der Waals surface area contributed by atoms with Gasteiger partial charge in [0.1, 0.15) is 0 Å². The van der Waals surface area contributed by atoms with Crippen molar-refractivity contribution in [2.24, 2.45) is 0 Å². The molecule has 0 unspecified atom stereocenters. The van der Waals surface area contributed by atoms with E-state index < -0.39 is 11.5 Å². The highest BCUT2D eigenvalue weighted by atomic mass is 16.3. The molecule has 0 bridgehead atoms. The molecule has 31 heavy (non-hydrogen) atoms. The van der Waals surface area contributed by atoms with Crippen molar-refractivity contribution in [2.75, 3.05) is 11.4 Å². The lowest BCUT2D eigenvalue weighted by atomic mass is 9.87. The van der Waals surface area contributed by atoms with E-state index in [1.165, 1.54) is 5.56 Å². The molecular weight excluding hydrogens is 386 g/mol. The van der Waals surface area contributed by atoms with Gasteiger partial charge in [0, 0.05) is 17.7 Å². The second kappa shape index (κ2) is 8.48. The Morgan fingerprint density at radius 2 is 1.68 bits per heavy atom. The predicted octanol–water partition coefficient (Wildman–Crippen LogP) is 4.74. The van der Waals surface area contributed by atoms with Gasteiger partial charge in [0.15, 0.2) is 11.4 Å². The minimum atomic E-state index is -1.84. The molecule has 0 aliphatic carbocycles. The quantitative estimate of drug-likeness (QED) is 0.569. The van der Waals surface area contributed by atoms with Crippen LogP contribution in [0.2, 0.25) is 0 Å². The Morgan fingerprint density at radius 3 is 2.42 bits per heavy atom. The summed E-state index contributed by atoms with van der Waals surface area (Å²) in [4.78, 5) is 28.1. The molecule has 1 aliphatic heterocycles. The van der Waals surface area contributed by atoms with Crippen LogP contribution in [0.1, 0.15) is 45.5 Å². The van der Waals surface area contributed by atoms with Gasteiger partial charge in [0.25, 0.3) is 5.91 Å². The number of para-hydroxylation sites is 1. The van der Waals surface area contributed by atoms with Gasteiger partial charge in [0.2, 0.25) is 0 Å². The molecule has 1 aliphatic rings. The van der Waals surface area contributed by atoms with E-state index in [1.54, 1.807) is 23.1 Å². The number of Topliss-reactive ketones (excluding diaryl/α,β-unsaturated/α-hetero) is 1. The van der Waals surface area contributed by atoms with E-state index in [0.717, 1.165) is 24.0 Å². The van der Waals surface area contributed by atoms with Crippen LogP contribution >= 0.6 is 0 Å². The Bertz CT molecular complexity index is 1120. The fourth-order valence-electron chi connectivity index (χ4n) is 4.44. The van der Waals surface area contributed by atoms with Crippen molar-refractivity contribution < 1.29 is 14.7 Å². The van der Waals surface area contributed by atoms with E-state index in [2.05, 4.69) is 12.1 Å². The molecule has 4 heteroatoms. The average molecular weight is 414 g/mol. The first kappa shape index (κ1) is 21.0. The SMILES string of the molecule is Cc1ccc(C(=O)C[C@]2(O)C(=O)N(CCCc3ccccc3)c3ccccc32)c(C)c1. The van der Waals surface area contributed by atoms with Crippen LogP contribution in [0.5, 0.6) is 0 Å². The molecule has 0 spiro atoms. The molecule has 1 heterocycles. The number of amides is 1. The fraction of sp³-hybridized carbons (Fsp3) is 0.259. The number of aliphatic hydroxyl groups is 1. The van der Waals surface area contributed by atoms with Crippen molar-refractivity contribution in [3.8, 4) is 0 Å². The van der Waals surface area contributed by atoms with Crippen LogP contribution in [-0.2, 0) is 16.8 Å². The summed E-state index contributed by atoms with van der Waals surface area (Å²) in [5.41, 5.74) is 3.05. The van der Waals surface area contributed by atoms with Crippen LogP contribution < -0.4 is 4.90 Å². The molecular formula is C27H27NO3. The van der Waals surface area contributed by atoms with E-state index in [0.29, 0.717) is 23.4 Å². The van der Waals surface area contributed by atoms with Crippen LogP contribution in [0.4, 0.5) is 5.69 Å². The van der Waals surface area contributed by atoms with Gasteiger partial charge < -0.3 is 10.0 Å². The third-order valence-electron chi connectivity index (χ3n) is 6.03. The maximum Gasteiger partial charge on any atom is 0.264 e. The van der Waals surface area contributed by atoms with Crippen LogP contribution in [0.3, 0.4) is 0 Å². The zero-order chi connectivity index (χ0) is 22.0. The standard InChI is InChI=1S/C27H27NO3/c1-19-14-15-22(20(2)17-19)25(29)18-27(31)23-12-6-7-13-24(23)28(26(27)30)16-8-11-21-9-4-3-5-10-21/h3-7,9-10,12-15,17,31H,8,11,16,18H2,1-2H3/t27-/m1/s1. The largest absolute Gasteiger partial charge is 0.375 e. The molecule has 4 nitrogen and oxygen atoms in total. The zero-order valence-electron chi connectivity index (χ0n) is 18.0. The second-order valence-corrected chi connectivity index (χ2v) is 8.34. The maximum absolute atomic E-state index is 13.4. The summed E-state index contributed by atoms with van der Waals surface area (Å²) in [6, 6.07) is 23.0. The smallest absolute Gasteiger partial charge is 0.264 e. The highest BCUT2D eigenvalue weighted by Gasteiger charge is 2.50. The zero-order valence-corrected chi connectivity index (χ0v) is 18.0. The Morgan fingerprint density at radius 1 is 0.968 bits per heavy atom. The van der Waals surface area contributed by atoms with Crippen molar-refractivity contribution in [3.63, 3.8) is 0 Å². The lowest BCUT2D eigenvalue weighted by Gasteiger charge is -2.23. The van der Waals surface area contributed by atoms with Crippen LogP contribution in [0.25, 0.3) is 0 Å².